The van der Waals surface area contributed by atoms with Crippen molar-refractivity contribution in [2.24, 2.45) is 0 Å². The normalized spacial score (nSPS) is 18.1. The van der Waals surface area contributed by atoms with E-state index in [0.717, 1.165) is 12.3 Å². The zero-order valence-electron chi connectivity index (χ0n) is 13.9. The van der Waals surface area contributed by atoms with E-state index in [-0.39, 0.29) is 23.2 Å². The number of alkyl halides is 3. The number of anilines is 1. The summed E-state index contributed by atoms with van der Waals surface area (Å²) in [5.41, 5.74) is -1.25. The van der Waals surface area contributed by atoms with Gasteiger partial charge in [0.05, 0.1) is 13.7 Å². The van der Waals surface area contributed by atoms with Crippen molar-refractivity contribution >= 4 is 5.95 Å². The van der Waals surface area contributed by atoms with Crippen molar-refractivity contribution in [2.45, 2.75) is 25.2 Å². The molecule has 0 saturated carbocycles. The highest BCUT2D eigenvalue weighted by Gasteiger charge is 2.33. The Balaban J connectivity index is 1.59. The third-order valence-corrected chi connectivity index (χ3v) is 4.00. The first-order chi connectivity index (χ1) is 12.3. The lowest BCUT2D eigenvalue weighted by molar-refractivity contribution is -0.141. The minimum Gasteiger partial charge on any atom is -0.490 e. The Morgan fingerprint density at radius 3 is 2.96 bits per heavy atom. The summed E-state index contributed by atoms with van der Waals surface area (Å²) in [6.07, 6.45) is -1.45. The molecule has 2 aromatic heterocycles. The van der Waals surface area contributed by atoms with Gasteiger partial charge in [-0.2, -0.15) is 13.2 Å². The van der Waals surface area contributed by atoms with Gasteiger partial charge in [-0.3, -0.25) is 9.69 Å². The first-order valence-corrected chi connectivity index (χ1v) is 7.90. The topological polar surface area (TPSA) is 80.5 Å². The molecule has 0 aliphatic carbocycles. The fourth-order valence-electron chi connectivity index (χ4n) is 2.75. The maximum Gasteiger partial charge on any atom is 0.433 e. The molecule has 0 spiro atoms. The van der Waals surface area contributed by atoms with Crippen LogP contribution < -0.4 is 15.5 Å². The molecule has 1 N–H and O–H groups in total. The fraction of sp³-hybridized carbons (Fsp3) is 0.438. The van der Waals surface area contributed by atoms with Gasteiger partial charge in [-0.15, -0.1) is 0 Å². The van der Waals surface area contributed by atoms with Crippen molar-refractivity contribution in [2.75, 3.05) is 25.5 Å². The monoisotopic (exact) mass is 370 g/mol. The average Bonchev–Trinajstić information content (AvgIpc) is 3.01. The third-order valence-electron chi connectivity index (χ3n) is 4.00. The first kappa shape index (κ1) is 18.2. The second kappa shape index (κ2) is 7.32. The van der Waals surface area contributed by atoms with Gasteiger partial charge in [0.15, 0.2) is 0 Å². The molecule has 3 rings (SSSR count). The van der Waals surface area contributed by atoms with Crippen molar-refractivity contribution in [3.05, 3.63) is 46.3 Å². The van der Waals surface area contributed by atoms with E-state index in [4.69, 9.17) is 9.15 Å². The van der Waals surface area contributed by atoms with Crippen LogP contribution in [0, 0.1) is 0 Å². The number of likely N-dealkylation sites (tertiary alicyclic amines) is 1. The van der Waals surface area contributed by atoms with E-state index in [1.807, 2.05) is 4.90 Å². The molecule has 10 heteroatoms. The summed E-state index contributed by atoms with van der Waals surface area (Å²) in [4.78, 5) is 21.1. The van der Waals surface area contributed by atoms with Gasteiger partial charge >= 0.3 is 6.18 Å². The van der Waals surface area contributed by atoms with Gasteiger partial charge in [-0.05, 0) is 12.5 Å². The molecule has 0 bridgehead atoms. The number of methoxy groups -OCH3 is 1. The van der Waals surface area contributed by atoms with Crippen LogP contribution in [-0.2, 0) is 12.7 Å². The number of hydrogen-bond donors (Lipinski definition) is 1. The number of halogens is 3. The van der Waals surface area contributed by atoms with Crippen LogP contribution in [0.25, 0.3) is 0 Å². The van der Waals surface area contributed by atoms with Gasteiger partial charge in [-0.25, -0.2) is 9.97 Å². The van der Waals surface area contributed by atoms with Crippen molar-refractivity contribution in [1.82, 2.24) is 14.9 Å². The molecule has 0 aromatic carbocycles. The predicted molar refractivity (Wildman–Crippen MR) is 85.9 cm³/mol. The molecule has 0 radical (unpaired) electrons. The van der Waals surface area contributed by atoms with Gasteiger partial charge in [-0.1, -0.05) is 0 Å². The van der Waals surface area contributed by atoms with Crippen LogP contribution in [0.1, 0.15) is 17.9 Å². The lowest BCUT2D eigenvalue weighted by Gasteiger charge is -2.16. The smallest absolute Gasteiger partial charge is 0.433 e. The number of ether oxygens (including phenoxy) is 1. The van der Waals surface area contributed by atoms with Gasteiger partial charge in [0, 0.05) is 31.4 Å². The molecule has 1 unspecified atom stereocenters. The summed E-state index contributed by atoms with van der Waals surface area (Å²) in [5.74, 6) is 0.575. The van der Waals surface area contributed by atoms with E-state index in [1.165, 1.54) is 19.4 Å². The molecule has 1 atom stereocenters. The number of aromatic nitrogens is 2. The molecule has 7 nitrogen and oxygen atoms in total. The molecule has 140 valence electrons. The van der Waals surface area contributed by atoms with E-state index >= 15 is 0 Å². The fourth-order valence-corrected chi connectivity index (χ4v) is 2.75. The molecular weight excluding hydrogens is 353 g/mol. The predicted octanol–water partition coefficient (Wildman–Crippen LogP) is 2.14. The highest BCUT2D eigenvalue weighted by atomic mass is 19.4. The van der Waals surface area contributed by atoms with Crippen LogP contribution in [0.4, 0.5) is 19.1 Å². The van der Waals surface area contributed by atoms with Crippen LogP contribution in [0.5, 0.6) is 5.75 Å². The van der Waals surface area contributed by atoms with Crippen molar-refractivity contribution in [3.8, 4) is 5.75 Å². The highest BCUT2D eigenvalue weighted by molar-refractivity contribution is 5.28. The van der Waals surface area contributed by atoms with Gasteiger partial charge in [0.25, 0.3) is 0 Å². The quantitative estimate of drug-likeness (QED) is 0.864. The Bertz CT molecular complexity index is 825. The average molecular weight is 370 g/mol. The van der Waals surface area contributed by atoms with Crippen molar-refractivity contribution < 1.29 is 22.3 Å². The van der Waals surface area contributed by atoms with Gasteiger partial charge < -0.3 is 14.5 Å². The second-order valence-corrected chi connectivity index (χ2v) is 5.91. The Hall–Kier alpha value is -2.62. The van der Waals surface area contributed by atoms with E-state index in [1.54, 1.807) is 0 Å². The van der Waals surface area contributed by atoms with Crippen LogP contribution in [0.2, 0.25) is 0 Å². The summed E-state index contributed by atoms with van der Waals surface area (Å²) in [6.45, 7) is 1.68. The van der Waals surface area contributed by atoms with Crippen LogP contribution in [-0.4, -0.2) is 41.1 Å². The SMILES string of the molecule is COc1coc(CN2CCC(Nc3nccc(C(F)(F)F)n3)C2)cc1=O. The Labute approximate surface area is 146 Å². The standard InChI is InChI=1S/C16H17F3N4O3/c1-25-13-9-26-11(6-12(13)24)8-23-5-3-10(7-23)21-15-20-4-2-14(22-15)16(17,18)19/h2,4,6,9-10H,3,5,7-8H2,1H3,(H,20,21,22). The Kier molecular flexibility index (Phi) is 5.12. The molecule has 2 aromatic rings. The van der Waals surface area contributed by atoms with E-state index < -0.39 is 11.9 Å². The van der Waals surface area contributed by atoms with E-state index in [0.29, 0.717) is 31.8 Å². The van der Waals surface area contributed by atoms with Crippen LogP contribution in [0.15, 0.2) is 33.8 Å². The third kappa shape index (κ3) is 4.31. The molecular formula is C16H17F3N4O3. The minimum absolute atomic E-state index is 0.0531. The van der Waals surface area contributed by atoms with Gasteiger partial charge in [0.1, 0.15) is 17.7 Å². The maximum atomic E-state index is 12.7. The zero-order chi connectivity index (χ0) is 18.7. The Morgan fingerprint density at radius 2 is 2.27 bits per heavy atom. The lowest BCUT2D eigenvalue weighted by atomic mass is 10.3. The molecule has 1 fully saturated rings. The van der Waals surface area contributed by atoms with Gasteiger partial charge in [0.2, 0.25) is 17.1 Å². The second-order valence-electron chi connectivity index (χ2n) is 5.91. The van der Waals surface area contributed by atoms with Crippen LogP contribution >= 0.6 is 0 Å². The largest absolute Gasteiger partial charge is 0.490 e. The number of nitrogens with zero attached hydrogens (tertiary/aromatic N) is 3. The lowest BCUT2D eigenvalue weighted by Crippen LogP contribution is -2.27. The van der Waals surface area contributed by atoms with Crippen molar-refractivity contribution in [1.29, 1.82) is 0 Å². The number of rotatable bonds is 5. The Morgan fingerprint density at radius 1 is 1.46 bits per heavy atom. The van der Waals surface area contributed by atoms with E-state index in [2.05, 4.69) is 15.3 Å². The first-order valence-electron chi connectivity index (χ1n) is 7.90. The summed E-state index contributed by atoms with van der Waals surface area (Å²) >= 11 is 0. The molecule has 1 aliphatic rings. The molecule has 3 heterocycles. The summed E-state index contributed by atoms with van der Waals surface area (Å²) < 4.78 is 48.3. The minimum atomic E-state index is -4.51. The van der Waals surface area contributed by atoms with Crippen molar-refractivity contribution in [3.63, 3.8) is 0 Å². The molecule has 1 aliphatic heterocycles. The maximum absolute atomic E-state index is 12.7. The van der Waals surface area contributed by atoms with E-state index in [9.17, 15) is 18.0 Å². The summed E-state index contributed by atoms with van der Waals surface area (Å²) in [6, 6.07) is 2.11. The zero-order valence-corrected chi connectivity index (χ0v) is 13.9. The summed E-state index contributed by atoms with van der Waals surface area (Å²) in [7, 11) is 1.39. The van der Waals surface area contributed by atoms with Crippen LogP contribution in [0.3, 0.4) is 0 Å². The number of nitrogens with one attached hydrogen (secondary N) is 1. The molecule has 1 saturated heterocycles. The molecule has 26 heavy (non-hydrogen) atoms. The molecule has 0 amide bonds. The summed E-state index contributed by atoms with van der Waals surface area (Å²) in [5, 5.41) is 2.92. The number of hydrogen-bond acceptors (Lipinski definition) is 7. The highest BCUT2D eigenvalue weighted by Crippen LogP contribution is 2.27.